The molecule has 0 N–H and O–H groups in total. The first kappa shape index (κ1) is 18.8. The monoisotopic (exact) mass is 401 g/mol. The largest absolute Gasteiger partial charge is 0.497 e. The van der Waals surface area contributed by atoms with Gasteiger partial charge in [-0.3, -0.25) is 4.79 Å². The third-order valence-corrected chi connectivity index (χ3v) is 6.40. The van der Waals surface area contributed by atoms with Gasteiger partial charge in [-0.15, -0.1) is 0 Å². The molecule has 2 aliphatic rings. The third-order valence-electron chi connectivity index (χ3n) is 6.40. The summed E-state index contributed by atoms with van der Waals surface area (Å²) in [6.45, 7) is 3.22. The Morgan fingerprint density at radius 1 is 0.967 bits per heavy atom. The fraction of sp³-hybridized carbons (Fsp3) is 0.320. The number of benzene rings is 2. The first-order valence-corrected chi connectivity index (χ1v) is 10.7. The van der Waals surface area contributed by atoms with Crippen molar-refractivity contribution < 1.29 is 9.53 Å². The van der Waals surface area contributed by atoms with Crippen molar-refractivity contribution >= 4 is 17.3 Å². The van der Waals surface area contributed by atoms with Gasteiger partial charge in [0, 0.05) is 54.9 Å². The maximum atomic E-state index is 13.6. The van der Waals surface area contributed by atoms with Crippen LogP contribution >= 0.6 is 0 Å². The van der Waals surface area contributed by atoms with Crippen LogP contribution in [0.25, 0.3) is 0 Å². The van der Waals surface area contributed by atoms with Crippen molar-refractivity contribution in [1.29, 1.82) is 0 Å². The van der Waals surface area contributed by atoms with Gasteiger partial charge in [0.25, 0.3) is 0 Å². The summed E-state index contributed by atoms with van der Waals surface area (Å²) in [7, 11) is 1.69. The molecule has 0 bridgehead atoms. The van der Waals surface area contributed by atoms with Crippen LogP contribution < -0.4 is 14.5 Å². The summed E-state index contributed by atoms with van der Waals surface area (Å²) in [6, 6.07) is 20.7. The number of para-hydroxylation sites is 1. The molecule has 154 valence electrons. The van der Waals surface area contributed by atoms with E-state index < -0.39 is 0 Å². The number of ether oxygens (including phenoxy) is 1. The van der Waals surface area contributed by atoms with Crippen LogP contribution in [0.2, 0.25) is 0 Å². The van der Waals surface area contributed by atoms with Gasteiger partial charge >= 0.3 is 0 Å². The molecule has 0 atom stereocenters. The van der Waals surface area contributed by atoms with Gasteiger partial charge in [-0.2, -0.15) is 0 Å². The summed E-state index contributed by atoms with van der Waals surface area (Å²) >= 11 is 0. The Morgan fingerprint density at radius 2 is 1.80 bits per heavy atom. The van der Waals surface area contributed by atoms with E-state index in [0.29, 0.717) is 6.54 Å². The molecule has 1 saturated heterocycles. The summed E-state index contributed by atoms with van der Waals surface area (Å²) in [5.41, 5.74) is 4.61. The van der Waals surface area contributed by atoms with Crippen molar-refractivity contribution in [3.8, 4) is 5.75 Å². The van der Waals surface area contributed by atoms with Gasteiger partial charge < -0.3 is 19.1 Å². The van der Waals surface area contributed by atoms with Crippen molar-refractivity contribution in [2.45, 2.75) is 25.9 Å². The summed E-state index contributed by atoms with van der Waals surface area (Å²) < 4.78 is 7.61. The highest BCUT2D eigenvalue weighted by Crippen LogP contribution is 2.32. The van der Waals surface area contributed by atoms with Crippen molar-refractivity contribution in [2.24, 2.45) is 5.92 Å². The molecule has 1 amide bonds. The minimum Gasteiger partial charge on any atom is -0.497 e. The first-order chi connectivity index (χ1) is 14.7. The minimum absolute atomic E-state index is 0.0569. The topological polar surface area (TPSA) is 37.7 Å². The molecule has 1 aromatic heterocycles. The van der Waals surface area contributed by atoms with Crippen LogP contribution in [-0.4, -0.2) is 30.7 Å². The average Bonchev–Trinajstić information content (AvgIpc) is 3.17. The molecule has 3 heterocycles. The van der Waals surface area contributed by atoms with Crippen molar-refractivity contribution in [2.75, 3.05) is 30.0 Å². The quantitative estimate of drug-likeness (QED) is 0.656. The minimum atomic E-state index is 0.0569. The van der Waals surface area contributed by atoms with Crippen LogP contribution in [0.15, 0.2) is 66.9 Å². The average molecular weight is 402 g/mol. The second-order valence-corrected chi connectivity index (χ2v) is 8.14. The Bertz CT molecular complexity index is 1050. The molecule has 30 heavy (non-hydrogen) atoms. The van der Waals surface area contributed by atoms with E-state index in [0.717, 1.165) is 49.6 Å². The van der Waals surface area contributed by atoms with E-state index in [1.54, 1.807) is 7.11 Å². The highest BCUT2D eigenvalue weighted by Gasteiger charge is 2.32. The number of nitrogens with zero attached hydrogens (tertiary/aromatic N) is 3. The van der Waals surface area contributed by atoms with E-state index >= 15 is 0 Å². The number of hydrogen-bond donors (Lipinski definition) is 0. The Labute approximate surface area is 177 Å². The standard InChI is InChI=1S/C25H27N3O2/c1-30-23-9-4-7-21(16-23)26-14-11-19(12-15-26)25(29)28-18-22-8-5-13-27(22)17-20-6-2-3-10-24(20)28/h2-10,13,16,19H,11-12,14-15,17-18H2,1H3. The second-order valence-electron chi connectivity index (χ2n) is 8.14. The Hall–Kier alpha value is -3.21. The van der Waals surface area contributed by atoms with Crippen LogP contribution in [-0.2, 0) is 17.9 Å². The molecule has 2 aromatic carbocycles. The Morgan fingerprint density at radius 3 is 2.63 bits per heavy atom. The zero-order valence-electron chi connectivity index (χ0n) is 17.3. The summed E-state index contributed by atoms with van der Waals surface area (Å²) in [6.07, 6.45) is 3.85. The van der Waals surface area contributed by atoms with Crippen LogP contribution in [0.3, 0.4) is 0 Å². The van der Waals surface area contributed by atoms with Gasteiger partial charge in [0.1, 0.15) is 5.75 Å². The number of amides is 1. The molecule has 0 radical (unpaired) electrons. The molecule has 3 aromatic rings. The fourth-order valence-corrected chi connectivity index (χ4v) is 4.69. The zero-order valence-corrected chi connectivity index (χ0v) is 17.3. The van der Waals surface area contributed by atoms with E-state index in [4.69, 9.17) is 4.74 Å². The van der Waals surface area contributed by atoms with E-state index in [2.05, 4.69) is 58.1 Å². The fourth-order valence-electron chi connectivity index (χ4n) is 4.69. The predicted octanol–water partition coefficient (Wildman–Crippen LogP) is 4.31. The highest BCUT2D eigenvalue weighted by molar-refractivity contribution is 5.96. The number of aromatic nitrogens is 1. The molecule has 0 spiro atoms. The summed E-state index contributed by atoms with van der Waals surface area (Å²) in [5.74, 6) is 1.18. The van der Waals surface area contributed by atoms with Gasteiger partial charge in [-0.05, 0) is 48.7 Å². The van der Waals surface area contributed by atoms with Crippen LogP contribution in [0.4, 0.5) is 11.4 Å². The molecular weight excluding hydrogens is 374 g/mol. The molecule has 5 nitrogen and oxygen atoms in total. The van der Waals surface area contributed by atoms with Gasteiger partial charge in [0.05, 0.1) is 13.7 Å². The normalized spacial score (nSPS) is 16.6. The van der Waals surface area contributed by atoms with Gasteiger partial charge in [-0.25, -0.2) is 0 Å². The van der Waals surface area contributed by atoms with Crippen LogP contribution in [0.1, 0.15) is 24.1 Å². The lowest BCUT2D eigenvalue weighted by atomic mass is 9.94. The second kappa shape index (κ2) is 7.90. The number of carbonyl (C=O) groups excluding carboxylic acids is 1. The summed E-state index contributed by atoms with van der Waals surface area (Å²) in [4.78, 5) is 18.0. The lowest BCUT2D eigenvalue weighted by Gasteiger charge is -2.35. The van der Waals surface area contributed by atoms with E-state index in [-0.39, 0.29) is 11.8 Å². The highest BCUT2D eigenvalue weighted by atomic mass is 16.5. The maximum absolute atomic E-state index is 13.6. The number of methoxy groups -OCH3 is 1. The summed E-state index contributed by atoms with van der Waals surface area (Å²) in [5, 5.41) is 0. The first-order valence-electron chi connectivity index (χ1n) is 10.7. The van der Waals surface area contributed by atoms with Gasteiger partial charge in [0.2, 0.25) is 5.91 Å². The molecular formula is C25H27N3O2. The molecule has 0 aliphatic carbocycles. The molecule has 0 unspecified atom stereocenters. The molecule has 2 aliphatic heterocycles. The van der Waals surface area contributed by atoms with Crippen molar-refractivity contribution in [3.05, 3.63) is 78.1 Å². The van der Waals surface area contributed by atoms with E-state index in [9.17, 15) is 4.79 Å². The number of carbonyl (C=O) groups is 1. The molecule has 0 saturated carbocycles. The van der Waals surface area contributed by atoms with Crippen LogP contribution in [0, 0.1) is 5.92 Å². The molecule has 5 rings (SSSR count). The smallest absolute Gasteiger partial charge is 0.230 e. The zero-order chi connectivity index (χ0) is 20.5. The van der Waals surface area contributed by atoms with E-state index in [1.807, 2.05) is 23.1 Å². The maximum Gasteiger partial charge on any atom is 0.230 e. The number of rotatable bonds is 3. The Kier molecular flexibility index (Phi) is 4.95. The SMILES string of the molecule is COc1cccc(N2CCC(C(=O)N3Cc4cccn4Cc4ccccc43)CC2)c1. The van der Waals surface area contributed by atoms with E-state index in [1.165, 1.54) is 11.3 Å². The number of anilines is 2. The number of hydrogen-bond acceptors (Lipinski definition) is 3. The van der Waals surface area contributed by atoms with Crippen molar-refractivity contribution in [1.82, 2.24) is 4.57 Å². The lowest BCUT2D eigenvalue weighted by Crippen LogP contribution is -2.42. The molecule has 5 heteroatoms. The Balaban J connectivity index is 1.34. The molecule has 1 fully saturated rings. The predicted molar refractivity (Wildman–Crippen MR) is 119 cm³/mol. The lowest BCUT2D eigenvalue weighted by molar-refractivity contribution is -0.123. The van der Waals surface area contributed by atoms with Gasteiger partial charge in [0.15, 0.2) is 0 Å². The number of piperidine rings is 1. The third kappa shape index (κ3) is 3.45. The van der Waals surface area contributed by atoms with Crippen LogP contribution in [0.5, 0.6) is 5.75 Å². The van der Waals surface area contributed by atoms with Gasteiger partial charge in [-0.1, -0.05) is 24.3 Å². The number of fused-ring (bicyclic) bond motifs is 2. The van der Waals surface area contributed by atoms with Crippen molar-refractivity contribution in [3.63, 3.8) is 0 Å².